The fourth-order valence-electron chi connectivity index (χ4n) is 17.5. The molecule has 0 aromatic heterocycles. The van der Waals surface area contributed by atoms with Crippen molar-refractivity contribution in [3.63, 3.8) is 0 Å². The Labute approximate surface area is 545 Å². The van der Waals surface area contributed by atoms with Crippen LogP contribution >= 0.6 is 0 Å². The second kappa shape index (κ2) is 25.3. The molecule has 0 saturated carbocycles. The summed E-state index contributed by atoms with van der Waals surface area (Å²) in [5, 5.41) is 2.20. The monoisotopic (exact) mass is 1400 g/mol. The van der Waals surface area contributed by atoms with E-state index in [0.717, 1.165) is 0 Å². The molecule has 1 aliphatic heterocycles. The topological polar surface area (TPSA) is 0 Å². The summed E-state index contributed by atoms with van der Waals surface area (Å²) in [6, 6.07) is 61.0. The molecule has 6 aromatic rings. The normalized spacial score (nSPS) is 15.1. The molecule has 1 aliphatic rings. The first-order valence-corrected chi connectivity index (χ1v) is 67.8. The molecule has 0 atom stereocenters. The molecular formula is C76H118Ge2Si8. The molecule has 10 heteroatoms. The first-order chi connectivity index (χ1) is 39.1. The molecule has 0 nitrogen and oxygen atoms in total. The first kappa shape index (κ1) is 71.1. The Bertz CT molecular complexity index is 3090. The Balaban J connectivity index is 2.12. The van der Waals surface area contributed by atoms with Gasteiger partial charge in [-0.2, -0.15) is 0 Å². The Morgan fingerprint density at radius 2 is 0.430 bits per heavy atom. The van der Waals surface area contributed by atoms with Crippen molar-refractivity contribution in [3.05, 3.63) is 201 Å². The van der Waals surface area contributed by atoms with Gasteiger partial charge in [0.1, 0.15) is 0 Å². The standard InChI is InChI=1S/C76H118Ge2Si8/c1-75(2,3)59-51-61(71(79(7,8)9)80(10,11)12)69(62(52-59)72(81(13,14)15)82(16,17)18)77-65(55-43-35-31-36-44-55)67(57-47-39-33-40-48-57)78(68(58-49-41-34-42-50-58)66(77)56-45-37-32-38-46-56)70-63(73(83(19,20)21)84(22,23)24)53-60(76(4,5)6)54-64(70)74(85(25,26)27)86(28,29)30/h31-54,71-74H,1-30H3. The van der Waals surface area contributed by atoms with Gasteiger partial charge in [-0.3, -0.25) is 0 Å². The van der Waals surface area contributed by atoms with Crippen molar-refractivity contribution in [2.75, 3.05) is 0 Å². The van der Waals surface area contributed by atoms with Crippen molar-refractivity contribution in [1.29, 1.82) is 0 Å². The van der Waals surface area contributed by atoms with Crippen LogP contribution < -0.4 is 8.79 Å². The predicted octanol–water partition coefficient (Wildman–Crippen LogP) is 21.0. The molecule has 0 N–H and O–H groups in total. The van der Waals surface area contributed by atoms with Crippen LogP contribution in [0.2, 0.25) is 157 Å². The molecule has 0 unspecified atom stereocenters. The van der Waals surface area contributed by atoms with Crippen LogP contribution in [0.15, 0.2) is 146 Å². The van der Waals surface area contributed by atoms with Crippen LogP contribution in [0.3, 0.4) is 0 Å². The van der Waals surface area contributed by atoms with E-state index in [9.17, 15) is 0 Å². The van der Waals surface area contributed by atoms with Crippen molar-refractivity contribution in [2.45, 2.75) is 230 Å². The first-order valence-electron chi connectivity index (χ1n) is 32.9. The summed E-state index contributed by atoms with van der Waals surface area (Å²) < 4.78 is 10.8. The summed E-state index contributed by atoms with van der Waals surface area (Å²) in [6.45, 7) is 81.3. The zero-order valence-electron chi connectivity index (χ0n) is 60.2. The molecule has 0 saturated heterocycles. The van der Waals surface area contributed by atoms with E-state index in [1.165, 1.54) is 22.3 Å². The van der Waals surface area contributed by atoms with E-state index in [-0.39, 0.29) is 10.8 Å². The SMILES string of the molecule is CC(C)(C)c1cc(C([Si](C)(C)C)[Si](C)(C)C)[c]([Ge]2=[C](c3ccccc3)[C](c3ccccc3)=[Ge]([c]3c(C([Si](C)(C)C)[Si](C)(C)C)cc(C(C)(C)C)cc3C([Si](C)(C)C)[Si](C)(C)C)[C](c3ccccc3)=[C]2c2ccccc2)c(C([Si](C)(C)C)[Si](C)(C)C)c1. The number of hydrogen-bond donors (Lipinski definition) is 0. The van der Waals surface area contributed by atoms with E-state index in [2.05, 4.69) is 344 Å². The van der Waals surface area contributed by atoms with Gasteiger partial charge in [-0.15, -0.1) is 0 Å². The second-order valence-electron chi connectivity index (χ2n) is 36.9. The van der Waals surface area contributed by atoms with Gasteiger partial charge in [0, 0.05) is 0 Å². The van der Waals surface area contributed by atoms with Crippen LogP contribution in [-0.2, 0) is 10.8 Å². The van der Waals surface area contributed by atoms with Crippen LogP contribution in [0, 0.1) is 0 Å². The number of hydrogen-bond acceptors (Lipinski definition) is 0. The van der Waals surface area contributed by atoms with Crippen LogP contribution in [0.4, 0.5) is 0 Å². The van der Waals surface area contributed by atoms with E-state index >= 15 is 0 Å². The minimum atomic E-state index is -3.19. The molecule has 0 aliphatic carbocycles. The molecule has 0 spiro atoms. The van der Waals surface area contributed by atoms with Gasteiger partial charge in [0.15, 0.2) is 0 Å². The summed E-state index contributed by atoms with van der Waals surface area (Å²) in [6.07, 6.45) is 0. The maximum absolute atomic E-state index is 3.19. The van der Waals surface area contributed by atoms with Crippen molar-refractivity contribution in [1.82, 2.24) is 0 Å². The molecule has 0 fully saturated rings. The molecular weight excluding hydrogens is 1280 g/mol. The quantitative estimate of drug-likeness (QED) is 0.0753. The molecule has 7 rings (SSSR count). The third-order valence-electron chi connectivity index (χ3n) is 18.6. The molecule has 462 valence electrons. The Kier molecular flexibility index (Phi) is 20.9. The molecule has 0 bridgehead atoms. The number of benzene rings is 6. The van der Waals surface area contributed by atoms with Crippen molar-refractivity contribution >= 4 is 119 Å². The Morgan fingerprint density at radius 3 is 0.593 bits per heavy atom. The van der Waals surface area contributed by atoms with Gasteiger partial charge >= 0.3 is 550 Å². The van der Waals surface area contributed by atoms with Gasteiger partial charge in [-0.05, 0) is 0 Å². The summed E-state index contributed by atoms with van der Waals surface area (Å²) in [5.41, 5.74) is 16.1. The van der Waals surface area contributed by atoms with Gasteiger partial charge in [-0.25, -0.2) is 0 Å². The zero-order chi connectivity index (χ0) is 64.7. The summed E-state index contributed by atoms with van der Waals surface area (Å²) in [7, 11) is -15.6. The van der Waals surface area contributed by atoms with Crippen molar-refractivity contribution in [3.8, 4) is 0 Å². The zero-order valence-corrected chi connectivity index (χ0v) is 72.4. The van der Waals surface area contributed by atoms with Gasteiger partial charge in [0.25, 0.3) is 0 Å². The Morgan fingerprint density at radius 1 is 0.256 bits per heavy atom. The van der Waals surface area contributed by atoms with Crippen molar-refractivity contribution < 1.29 is 0 Å². The average Bonchev–Trinajstić information content (AvgIpc) is 0.699. The van der Waals surface area contributed by atoms with Crippen LogP contribution in [-0.4, -0.2) is 101 Å². The van der Waals surface area contributed by atoms with E-state index in [4.69, 9.17) is 0 Å². The molecule has 86 heavy (non-hydrogen) atoms. The average molecular weight is 1400 g/mol. The summed E-state index contributed by atoms with van der Waals surface area (Å²) >= 11 is -6.38. The van der Waals surface area contributed by atoms with E-state index < -0.39 is 92.4 Å². The molecule has 1 heterocycles. The predicted molar refractivity (Wildman–Crippen MR) is 420 cm³/mol. The number of rotatable bonds is 18. The van der Waals surface area contributed by atoms with Crippen LogP contribution in [0.5, 0.6) is 0 Å². The summed E-state index contributed by atoms with van der Waals surface area (Å²) in [4.78, 5) is 0. The summed E-state index contributed by atoms with van der Waals surface area (Å²) in [5.74, 6) is 0. The fourth-order valence-corrected chi connectivity index (χ4v) is 90.7. The Hall–Kier alpha value is -2.38. The molecule has 6 aromatic carbocycles. The van der Waals surface area contributed by atoms with Crippen LogP contribution in [0.1, 0.15) is 118 Å². The maximum atomic E-state index is 2.91. The van der Waals surface area contributed by atoms with Gasteiger partial charge in [0.05, 0.1) is 0 Å². The van der Waals surface area contributed by atoms with Crippen molar-refractivity contribution in [2.24, 2.45) is 0 Å². The molecule has 0 amide bonds. The van der Waals surface area contributed by atoms with E-state index in [0.29, 0.717) is 20.7 Å². The minimum absolute atomic E-state index is 0.0231. The van der Waals surface area contributed by atoms with Gasteiger partial charge in [0.2, 0.25) is 0 Å². The molecule has 0 radical (unpaired) electrons. The van der Waals surface area contributed by atoms with E-state index in [1.54, 1.807) is 50.9 Å². The second-order valence-corrected chi connectivity index (χ2v) is 91.2. The third-order valence-corrected chi connectivity index (χ3v) is 71.1. The third kappa shape index (κ3) is 15.4. The van der Waals surface area contributed by atoms with Gasteiger partial charge < -0.3 is 0 Å². The van der Waals surface area contributed by atoms with Crippen LogP contribution in [0.25, 0.3) is 8.81 Å². The fraction of sp³-hybridized carbons (Fsp3) is 0.474. The van der Waals surface area contributed by atoms with Gasteiger partial charge in [-0.1, -0.05) is 0 Å². The van der Waals surface area contributed by atoms with E-state index in [1.807, 2.05) is 8.79 Å².